The average molecular weight is 180 g/mol. The van der Waals surface area contributed by atoms with Crippen molar-refractivity contribution in [2.75, 3.05) is 5.43 Å². The van der Waals surface area contributed by atoms with Gasteiger partial charge >= 0.3 is 0 Å². The van der Waals surface area contributed by atoms with Crippen molar-refractivity contribution >= 4 is 5.95 Å². The zero-order valence-electron chi connectivity index (χ0n) is 7.25. The predicted octanol–water partition coefficient (Wildman–Crippen LogP) is 0.574. The van der Waals surface area contributed by atoms with Gasteiger partial charge in [-0.25, -0.2) is 0 Å². The first kappa shape index (κ1) is 8.03. The number of allylic oxidation sites excluding steroid dienone is 2. The third-order valence-corrected chi connectivity index (χ3v) is 1.97. The minimum Gasteiger partial charge on any atom is -0.303 e. The summed E-state index contributed by atoms with van der Waals surface area (Å²) in [6.07, 6.45) is 6.96. The number of aromatic amines is 1. The predicted molar refractivity (Wildman–Crippen MR) is 47.5 cm³/mol. The monoisotopic (exact) mass is 180 g/mol. The Hall–Kier alpha value is -1.59. The Balaban J connectivity index is 1.82. The lowest BCUT2D eigenvalue weighted by Crippen LogP contribution is -2.22. The van der Waals surface area contributed by atoms with Crippen molar-refractivity contribution in [2.24, 2.45) is 0 Å². The van der Waals surface area contributed by atoms with Crippen molar-refractivity contribution in [2.45, 2.75) is 25.7 Å². The Kier molecular flexibility index (Phi) is 2.40. The summed E-state index contributed by atoms with van der Waals surface area (Å²) in [5.41, 5.74) is 7.11. The molecule has 1 aliphatic carbocycles. The summed E-state index contributed by atoms with van der Waals surface area (Å²) in [6.45, 7) is 0. The second-order valence-electron chi connectivity index (χ2n) is 2.96. The lowest BCUT2D eigenvalue weighted by Gasteiger charge is -2.14. The van der Waals surface area contributed by atoms with Crippen molar-refractivity contribution in [3.05, 3.63) is 11.8 Å². The van der Waals surface area contributed by atoms with Crippen molar-refractivity contribution in [3.63, 3.8) is 0 Å². The highest BCUT2D eigenvalue weighted by atomic mass is 15.6. The minimum absolute atomic E-state index is 0.464. The van der Waals surface area contributed by atoms with Crippen molar-refractivity contribution in [1.82, 2.24) is 26.0 Å². The third kappa shape index (κ3) is 2.17. The molecule has 0 spiro atoms. The molecule has 6 heteroatoms. The van der Waals surface area contributed by atoms with Gasteiger partial charge in [0, 0.05) is 5.70 Å². The van der Waals surface area contributed by atoms with Crippen molar-refractivity contribution in [3.8, 4) is 0 Å². The molecule has 1 aromatic rings. The quantitative estimate of drug-likeness (QED) is 0.593. The molecular formula is C7H12N6. The number of hydrogen-bond donors (Lipinski definition) is 3. The first-order valence-corrected chi connectivity index (χ1v) is 4.39. The van der Waals surface area contributed by atoms with Crippen LogP contribution in [0.4, 0.5) is 5.95 Å². The maximum absolute atomic E-state index is 3.75. The highest BCUT2D eigenvalue weighted by molar-refractivity contribution is 5.19. The fourth-order valence-electron chi connectivity index (χ4n) is 1.30. The molecule has 0 unspecified atom stereocenters. The molecular weight excluding hydrogens is 168 g/mol. The van der Waals surface area contributed by atoms with Gasteiger partial charge in [-0.05, 0) is 30.9 Å². The van der Waals surface area contributed by atoms with Gasteiger partial charge in [-0.3, -0.25) is 5.43 Å². The van der Waals surface area contributed by atoms with E-state index in [-0.39, 0.29) is 0 Å². The fourth-order valence-corrected chi connectivity index (χ4v) is 1.30. The molecule has 0 aliphatic heterocycles. The Morgan fingerprint density at radius 1 is 1.31 bits per heavy atom. The first-order valence-electron chi connectivity index (χ1n) is 4.39. The van der Waals surface area contributed by atoms with Crippen molar-refractivity contribution < 1.29 is 0 Å². The van der Waals surface area contributed by atoms with Crippen LogP contribution in [0.25, 0.3) is 0 Å². The number of tetrazole rings is 1. The molecule has 0 saturated carbocycles. The molecule has 2 rings (SSSR count). The van der Waals surface area contributed by atoms with Gasteiger partial charge in [0.15, 0.2) is 0 Å². The molecule has 13 heavy (non-hydrogen) atoms. The molecule has 0 aromatic carbocycles. The molecule has 1 aliphatic rings. The van der Waals surface area contributed by atoms with Crippen LogP contribution in [0.1, 0.15) is 25.7 Å². The second-order valence-corrected chi connectivity index (χ2v) is 2.96. The molecule has 0 radical (unpaired) electrons. The Bertz CT molecular complexity index is 277. The van der Waals surface area contributed by atoms with Gasteiger partial charge in [-0.1, -0.05) is 11.2 Å². The summed E-state index contributed by atoms with van der Waals surface area (Å²) < 4.78 is 0. The smallest absolute Gasteiger partial charge is 0.281 e. The summed E-state index contributed by atoms with van der Waals surface area (Å²) in [7, 11) is 0. The van der Waals surface area contributed by atoms with E-state index >= 15 is 0 Å². The van der Waals surface area contributed by atoms with E-state index in [1.807, 2.05) is 0 Å². The second kappa shape index (κ2) is 3.88. The topological polar surface area (TPSA) is 78.5 Å². The Morgan fingerprint density at radius 3 is 3.00 bits per heavy atom. The molecule has 0 fully saturated rings. The Morgan fingerprint density at radius 2 is 2.31 bits per heavy atom. The molecule has 1 heterocycles. The van der Waals surface area contributed by atoms with Crippen LogP contribution in [0.15, 0.2) is 11.8 Å². The van der Waals surface area contributed by atoms with Crippen LogP contribution in [0.2, 0.25) is 0 Å². The lowest BCUT2D eigenvalue weighted by atomic mass is 10.1. The zero-order valence-corrected chi connectivity index (χ0v) is 7.25. The average Bonchev–Trinajstić information content (AvgIpc) is 2.69. The van der Waals surface area contributed by atoms with E-state index in [1.54, 1.807) is 0 Å². The summed E-state index contributed by atoms with van der Waals surface area (Å²) in [4.78, 5) is 0. The first-order chi connectivity index (χ1) is 6.45. The van der Waals surface area contributed by atoms with E-state index in [1.165, 1.54) is 18.5 Å². The van der Waals surface area contributed by atoms with E-state index in [2.05, 4.69) is 37.6 Å². The summed E-state index contributed by atoms with van der Waals surface area (Å²) >= 11 is 0. The number of anilines is 1. The Labute approximate surface area is 75.8 Å². The van der Waals surface area contributed by atoms with Crippen LogP contribution in [0, 0.1) is 0 Å². The molecule has 6 nitrogen and oxygen atoms in total. The molecule has 0 bridgehead atoms. The third-order valence-electron chi connectivity index (χ3n) is 1.97. The van der Waals surface area contributed by atoms with Crippen LogP contribution >= 0.6 is 0 Å². The largest absolute Gasteiger partial charge is 0.303 e. The number of hydrogen-bond acceptors (Lipinski definition) is 5. The summed E-state index contributed by atoms with van der Waals surface area (Å²) in [6, 6.07) is 0. The minimum atomic E-state index is 0.464. The van der Waals surface area contributed by atoms with Gasteiger partial charge in [0.25, 0.3) is 5.95 Å². The van der Waals surface area contributed by atoms with Crippen LogP contribution in [0.3, 0.4) is 0 Å². The van der Waals surface area contributed by atoms with E-state index in [0.29, 0.717) is 5.95 Å². The summed E-state index contributed by atoms with van der Waals surface area (Å²) in [5.74, 6) is 0.464. The van der Waals surface area contributed by atoms with Crippen molar-refractivity contribution in [1.29, 1.82) is 0 Å². The lowest BCUT2D eigenvalue weighted by molar-refractivity contribution is 0.663. The van der Waals surface area contributed by atoms with Gasteiger partial charge in [0.1, 0.15) is 0 Å². The highest BCUT2D eigenvalue weighted by Gasteiger charge is 2.03. The number of nitrogens with zero attached hydrogens (tertiary/aromatic N) is 3. The van der Waals surface area contributed by atoms with Crippen LogP contribution < -0.4 is 10.9 Å². The van der Waals surface area contributed by atoms with Crippen LogP contribution in [-0.4, -0.2) is 20.6 Å². The SMILES string of the molecule is C1=C(NNc2nn[nH]n2)CCCC1. The molecule has 0 saturated heterocycles. The number of aromatic nitrogens is 4. The van der Waals surface area contributed by atoms with Gasteiger partial charge < -0.3 is 5.43 Å². The highest BCUT2D eigenvalue weighted by Crippen LogP contribution is 2.14. The van der Waals surface area contributed by atoms with Gasteiger partial charge in [-0.2, -0.15) is 5.21 Å². The fraction of sp³-hybridized carbons (Fsp3) is 0.571. The maximum atomic E-state index is 3.75. The van der Waals surface area contributed by atoms with Crippen LogP contribution in [-0.2, 0) is 0 Å². The zero-order chi connectivity index (χ0) is 8.93. The standard InChI is InChI=1S/C7H12N6/c1-2-4-6(5-3-1)8-9-7-10-12-13-11-7/h4,8H,1-3,5H2,(H2,9,10,11,12,13). The van der Waals surface area contributed by atoms with Gasteiger partial charge in [-0.15, -0.1) is 5.10 Å². The maximum Gasteiger partial charge on any atom is 0.281 e. The van der Waals surface area contributed by atoms with Gasteiger partial charge in [0.05, 0.1) is 0 Å². The molecule has 0 amide bonds. The van der Waals surface area contributed by atoms with E-state index in [0.717, 1.165) is 12.8 Å². The number of nitrogens with one attached hydrogen (secondary N) is 3. The van der Waals surface area contributed by atoms with E-state index < -0.39 is 0 Å². The number of rotatable bonds is 3. The molecule has 3 N–H and O–H groups in total. The molecule has 0 atom stereocenters. The number of hydrazine groups is 1. The number of H-pyrrole nitrogens is 1. The van der Waals surface area contributed by atoms with Crippen LogP contribution in [0.5, 0.6) is 0 Å². The van der Waals surface area contributed by atoms with Gasteiger partial charge in [0.2, 0.25) is 0 Å². The van der Waals surface area contributed by atoms with E-state index in [4.69, 9.17) is 0 Å². The molecule has 1 aromatic heterocycles. The van der Waals surface area contributed by atoms with E-state index in [9.17, 15) is 0 Å². The molecule has 70 valence electrons. The summed E-state index contributed by atoms with van der Waals surface area (Å²) in [5, 5.41) is 13.3. The normalized spacial score (nSPS) is 16.5.